The zero-order valence-electron chi connectivity index (χ0n) is 17.0. The molecule has 0 aliphatic carbocycles. The number of benzene rings is 2. The Balaban J connectivity index is 1.68. The first-order chi connectivity index (χ1) is 14.6. The molecule has 1 aliphatic rings. The summed E-state index contributed by atoms with van der Waals surface area (Å²) < 4.78 is 44.9. The van der Waals surface area contributed by atoms with Crippen molar-refractivity contribution < 1.29 is 32.2 Å². The van der Waals surface area contributed by atoms with Gasteiger partial charge in [-0.25, -0.2) is 12.8 Å². The maximum Gasteiger partial charge on any atom is 0.325 e. The van der Waals surface area contributed by atoms with E-state index in [0.717, 1.165) is 27.6 Å². The Morgan fingerprint density at radius 1 is 1.16 bits per heavy atom. The van der Waals surface area contributed by atoms with Crippen molar-refractivity contribution in [1.29, 1.82) is 0 Å². The van der Waals surface area contributed by atoms with Crippen molar-refractivity contribution >= 4 is 27.6 Å². The molecule has 2 aromatic rings. The largest absolute Gasteiger partial charge is 0.454 e. The van der Waals surface area contributed by atoms with Crippen LogP contribution in [0, 0.1) is 19.7 Å². The molecule has 0 aromatic heterocycles. The number of aliphatic hydroxyl groups is 1. The van der Waals surface area contributed by atoms with E-state index in [1.165, 1.54) is 24.3 Å². The lowest BCUT2D eigenvalue weighted by Crippen LogP contribution is -2.42. The first-order valence-corrected chi connectivity index (χ1v) is 11.0. The van der Waals surface area contributed by atoms with Gasteiger partial charge in [-0.2, -0.15) is 4.31 Å². The number of β-amino-alcohol motifs (C(OH)–C–C–N with tert-alkyl or cyclic N) is 1. The Labute approximate surface area is 179 Å². The van der Waals surface area contributed by atoms with Gasteiger partial charge in [0.05, 0.1) is 11.0 Å². The van der Waals surface area contributed by atoms with Crippen molar-refractivity contribution in [3.63, 3.8) is 0 Å². The molecule has 10 heteroatoms. The Morgan fingerprint density at radius 2 is 1.84 bits per heavy atom. The van der Waals surface area contributed by atoms with Crippen molar-refractivity contribution in [2.75, 3.05) is 18.5 Å². The van der Waals surface area contributed by atoms with Crippen LogP contribution in [0.3, 0.4) is 0 Å². The number of hydrogen-bond acceptors (Lipinski definition) is 6. The average Bonchev–Trinajstić information content (AvgIpc) is 3.12. The van der Waals surface area contributed by atoms with Crippen LogP contribution in [-0.4, -0.2) is 55.0 Å². The molecule has 2 unspecified atom stereocenters. The predicted molar refractivity (Wildman–Crippen MR) is 110 cm³/mol. The van der Waals surface area contributed by atoms with Crippen LogP contribution in [-0.2, 0) is 24.3 Å². The van der Waals surface area contributed by atoms with Gasteiger partial charge in [0.1, 0.15) is 11.9 Å². The fraction of sp³-hybridized carbons (Fsp3) is 0.333. The van der Waals surface area contributed by atoms with Crippen LogP contribution in [0.4, 0.5) is 10.1 Å². The van der Waals surface area contributed by atoms with E-state index in [-0.39, 0.29) is 17.9 Å². The second kappa shape index (κ2) is 9.13. The summed E-state index contributed by atoms with van der Waals surface area (Å²) in [5.41, 5.74) is 2.01. The van der Waals surface area contributed by atoms with Gasteiger partial charge < -0.3 is 15.2 Å². The Kier molecular flexibility index (Phi) is 6.73. The van der Waals surface area contributed by atoms with Crippen LogP contribution in [0.1, 0.15) is 17.5 Å². The number of hydrogen-bond donors (Lipinski definition) is 2. The van der Waals surface area contributed by atoms with Crippen molar-refractivity contribution in [1.82, 2.24) is 4.31 Å². The van der Waals surface area contributed by atoms with Gasteiger partial charge in [-0.15, -0.1) is 0 Å². The molecular formula is C21H23FN2O6S. The lowest BCUT2D eigenvalue weighted by Gasteiger charge is -2.22. The fourth-order valence-electron chi connectivity index (χ4n) is 3.24. The van der Waals surface area contributed by atoms with Crippen LogP contribution >= 0.6 is 0 Å². The highest BCUT2D eigenvalue weighted by Gasteiger charge is 2.44. The topological polar surface area (TPSA) is 113 Å². The second-order valence-corrected chi connectivity index (χ2v) is 9.28. The summed E-state index contributed by atoms with van der Waals surface area (Å²) >= 11 is 0. The minimum atomic E-state index is -4.06. The van der Waals surface area contributed by atoms with E-state index in [0.29, 0.717) is 5.69 Å². The number of ether oxygens (including phenoxy) is 1. The van der Waals surface area contributed by atoms with Crippen LogP contribution in [0.15, 0.2) is 47.4 Å². The number of esters is 1. The van der Waals surface area contributed by atoms with Crippen molar-refractivity contribution in [2.24, 2.45) is 0 Å². The fourth-order valence-corrected chi connectivity index (χ4v) is 4.95. The number of rotatable bonds is 6. The molecule has 0 saturated carbocycles. The summed E-state index contributed by atoms with van der Waals surface area (Å²) in [6, 6.07) is 8.39. The second-order valence-electron chi connectivity index (χ2n) is 7.39. The van der Waals surface area contributed by atoms with Crippen LogP contribution < -0.4 is 5.32 Å². The molecule has 1 aliphatic heterocycles. The monoisotopic (exact) mass is 450 g/mol. The predicted octanol–water partition coefficient (Wildman–Crippen LogP) is 1.75. The number of aliphatic hydroxyl groups excluding tert-OH is 1. The van der Waals surface area contributed by atoms with E-state index in [1.54, 1.807) is 13.0 Å². The molecule has 2 aromatic carbocycles. The van der Waals surface area contributed by atoms with Gasteiger partial charge in [-0.3, -0.25) is 9.59 Å². The van der Waals surface area contributed by atoms with E-state index in [2.05, 4.69) is 5.32 Å². The normalized spacial score (nSPS) is 19.2. The van der Waals surface area contributed by atoms with E-state index in [1.807, 2.05) is 6.92 Å². The summed E-state index contributed by atoms with van der Waals surface area (Å²) in [7, 11) is -4.06. The van der Waals surface area contributed by atoms with Crippen LogP contribution in [0.2, 0.25) is 0 Å². The first-order valence-electron chi connectivity index (χ1n) is 9.57. The quantitative estimate of drug-likeness (QED) is 0.649. The molecule has 8 nitrogen and oxygen atoms in total. The van der Waals surface area contributed by atoms with Crippen LogP contribution in [0.5, 0.6) is 0 Å². The van der Waals surface area contributed by atoms with Gasteiger partial charge >= 0.3 is 5.97 Å². The lowest BCUT2D eigenvalue weighted by molar-refractivity contribution is -0.150. The molecule has 1 saturated heterocycles. The summed E-state index contributed by atoms with van der Waals surface area (Å²) in [6.07, 6.45) is -1.17. The van der Waals surface area contributed by atoms with Gasteiger partial charge in [-0.05, 0) is 61.4 Å². The molecule has 2 atom stereocenters. The highest BCUT2D eigenvalue weighted by molar-refractivity contribution is 7.89. The number of halogens is 1. The third-order valence-electron chi connectivity index (χ3n) is 5.06. The molecule has 1 heterocycles. The minimum absolute atomic E-state index is 0.0107. The Hall–Kier alpha value is -2.82. The van der Waals surface area contributed by atoms with E-state index >= 15 is 0 Å². The zero-order valence-corrected chi connectivity index (χ0v) is 17.9. The first kappa shape index (κ1) is 22.9. The summed E-state index contributed by atoms with van der Waals surface area (Å²) in [5.74, 6) is -2.06. The van der Waals surface area contributed by atoms with Crippen molar-refractivity contribution in [3.05, 3.63) is 59.4 Å². The van der Waals surface area contributed by atoms with Gasteiger partial charge in [0.2, 0.25) is 10.0 Å². The number of anilines is 1. The number of amides is 1. The summed E-state index contributed by atoms with van der Waals surface area (Å²) in [4.78, 5) is 24.5. The van der Waals surface area contributed by atoms with Gasteiger partial charge in [0, 0.05) is 18.7 Å². The van der Waals surface area contributed by atoms with E-state index < -0.39 is 46.5 Å². The Bertz CT molecular complexity index is 1090. The minimum Gasteiger partial charge on any atom is -0.454 e. The number of carbonyl (C=O) groups excluding carboxylic acids is 2. The molecule has 0 spiro atoms. The molecular weight excluding hydrogens is 427 g/mol. The lowest BCUT2D eigenvalue weighted by atomic mass is 10.1. The molecule has 2 N–H and O–H groups in total. The number of carbonyl (C=O) groups is 2. The number of nitrogens with one attached hydrogen (secondary N) is 1. The summed E-state index contributed by atoms with van der Waals surface area (Å²) in [6.45, 7) is 2.72. The molecule has 3 rings (SSSR count). The standard InChI is InChI=1S/C21H23FN2O6S/c1-13-3-8-18(9-14(13)2)31(28,29)24-11-17(25)10-19(24)21(27)30-12-20(26)23-16-6-4-15(22)5-7-16/h3-9,17,19,25H,10-12H2,1-2H3,(H,23,26). The molecule has 0 bridgehead atoms. The Morgan fingerprint density at radius 3 is 2.48 bits per heavy atom. The maximum atomic E-state index is 13.1. The number of sulfonamides is 1. The highest BCUT2D eigenvalue weighted by atomic mass is 32.2. The van der Waals surface area contributed by atoms with E-state index in [4.69, 9.17) is 4.74 Å². The molecule has 166 valence electrons. The maximum absolute atomic E-state index is 13.1. The van der Waals surface area contributed by atoms with Crippen LogP contribution in [0.25, 0.3) is 0 Å². The van der Waals surface area contributed by atoms with Gasteiger partial charge in [-0.1, -0.05) is 6.07 Å². The molecule has 1 fully saturated rings. The summed E-state index contributed by atoms with van der Waals surface area (Å²) in [5, 5.41) is 12.4. The third-order valence-corrected chi connectivity index (χ3v) is 6.93. The van der Waals surface area contributed by atoms with Crippen molar-refractivity contribution in [3.8, 4) is 0 Å². The van der Waals surface area contributed by atoms with Gasteiger partial charge in [0.25, 0.3) is 5.91 Å². The highest BCUT2D eigenvalue weighted by Crippen LogP contribution is 2.28. The molecule has 31 heavy (non-hydrogen) atoms. The third kappa shape index (κ3) is 5.27. The molecule has 0 radical (unpaired) electrons. The van der Waals surface area contributed by atoms with Crippen molar-refractivity contribution in [2.45, 2.75) is 37.3 Å². The molecule has 1 amide bonds. The average molecular weight is 450 g/mol. The number of nitrogens with zero attached hydrogens (tertiary/aromatic N) is 1. The van der Waals surface area contributed by atoms with Gasteiger partial charge in [0.15, 0.2) is 6.61 Å². The van der Waals surface area contributed by atoms with E-state index in [9.17, 15) is 27.5 Å². The smallest absolute Gasteiger partial charge is 0.325 e. The number of aryl methyl sites for hydroxylation is 2. The SMILES string of the molecule is Cc1ccc(S(=O)(=O)N2CC(O)CC2C(=O)OCC(=O)Nc2ccc(F)cc2)cc1C. The zero-order chi connectivity index (χ0) is 22.8.